The van der Waals surface area contributed by atoms with Gasteiger partial charge in [0.2, 0.25) is 0 Å². The van der Waals surface area contributed by atoms with Gasteiger partial charge in [-0.3, -0.25) is 0 Å². The first kappa shape index (κ1) is 13.1. The van der Waals surface area contributed by atoms with E-state index in [1.54, 1.807) is 22.4 Å². The van der Waals surface area contributed by atoms with E-state index >= 15 is 0 Å². The fourth-order valence-corrected chi connectivity index (χ4v) is 2.45. The number of nitrogens with zero attached hydrogens (tertiary/aromatic N) is 2. The van der Waals surface area contributed by atoms with Crippen LogP contribution < -0.4 is 5.32 Å². The highest BCUT2D eigenvalue weighted by Crippen LogP contribution is 2.19. The van der Waals surface area contributed by atoms with E-state index in [-0.39, 0.29) is 12.1 Å². The smallest absolute Gasteiger partial charge is 0.410 e. The summed E-state index contributed by atoms with van der Waals surface area (Å²) in [5, 5.41) is 6.17. The molecule has 100 valence electrons. The third-order valence-electron chi connectivity index (χ3n) is 2.60. The van der Waals surface area contributed by atoms with E-state index in [9.17, 15) is 4.79 Å². The number of carbonyl (C=O) groups excluding carboxylic acids is 1. The summed E-state index contributed by atoms with van der Waals surface area (Å²) >= 11 is 1.57. The Bertz CT molecular complexity index is 400. The Balaban J connectivity index is 1.83. The summed E-state index contributed by atoms with van der Waals surface area (Å²) in [4.78, 5) is 17.8. The Kier molecular flexibility index (Phi) is 3.75. The third-order valence-corrected chi connectivity index (χ3v) is 3.30. The molecule has 1 aliphatic rings. The minimum Gasteiger partial charge on any atom is -0.444 e. The van der Waals surface area contributed by atoms with Crippen LogP contribution in [-0.4, -0.2) is 40.7 Å². The molecule has 2 heterocycles. The van der Waals surface area contributed by atoms with E-state index in [4.69, 9.17) is 4.74 Å². The van der Waals surface area contributed by atoms with Crippen molar-refractivity contribution in [3.05, 3.63) is 11.6 Å². The van der Waals surface area contributed by atoms with Gasteiger partial charge in [0, 0.05) is 30.7 Å². The molecule has 1 fully saturated rings. The number of anilines is 1. The van der Waals surface area contributed by atoms with Crippen molar-refractivity contribution in [2.45, 2.75) is 38.8 Å². The molecular weight excluding hydrogens is 250 g/mol. The van der Waals surface area contributed by atoms with Gasteiger partial charge in [-0.05, 0) is 27.2 Å². The lowest BCUT2D eigenvalue weighted by Crippen LogP contribution is -2.36. The molecule has 6 heteroatoms. The van der Waals surface area contributed by atoms with Crippen LogP contribution >= 0.6 is 11.3 Å². The first-order valence-corrected chi connectivity index (χ1v) is 6.96. The van der Waals surface area contributed by atoms with Gasteiger partial charge in [0.05, 0.1) is 0 Å². The molecule has 1 aromatic heterocycles. The molecule has 18 heavy (non-hydrogen) atoms. The summed E-state index contributed by atoms with van der Waals surface area (Å²) in [6, 6.07) is 0.267. The molecule has 1 amide bonds. The number of likely N-dealkylation sites (tertiary alicyclic amines) is 1. The predicted molar refractivity (Wildman–Crippen MR) is 71.9 cm³/mol. The molecule has 1 atom stereocenters. The summed E-state index contributed by atoms with van der Waals surface area (Å²) in [5.74, 6) is 0. The fourth-order valence-electron chi connectivity index (χ4n) is 1.84. The molecule has 0 aromatic carbocycles. The van der Waals surface area contributed by atoms with E-state index < -0.39 is 5.60 Å². The Hall–Kier alpha value is -1.30. The van der Waals surface area contributed by atoms with Crippen molar-refractivity contribution in [2.75, 3.05) is 18.4 Å². The predicted octanol–water partition coefficient (Wildman–Crippen LogP) is 2.56. The first-order valence-electron chi connectivity index (χ1n) is 6.08. The quantitative estimate of drug-likeness (QED) is 0.896. The van der Waals surface area contributed by atoms with E-state index in [1.165, 1.54) is 0 Å². The molecule has 0 saturated carbocycles. The maximum Gasteiger partial charge on any atom is 0.410 e. The van der Waals surface area contributed by atoms with E-state index in [2.05, 4.69) is 10.3 Å². The van der Waals surface area contributed by atoms with Gasteiger partial charge in [0.15, 0.2) is 5.13 Å². The second-order valence-electron chi connectivity index (χ2n) is 5.39. The minimum atomic E-state index is -0.433. The summed E-state index contributed by atoms with van der Waals surface area (Å²) in [5.41, 5.74) is -0.433. The highest BCUT2D eigenvalue weighted by Gasteiger charge is 2.29. The lowest BCUT2D eigenvalue weighted by Gasteiger charge is -2.24. The van der Waals surface area contributed by atoms with E-state index in [0.717, 1.165) is 18.1 Å². The molecule has 0 aliphatic carbocycles. The van der Waals surface area contributed by atoms with Gasteiger partial charge in [0.1, 0.15) is 5.60 Å². The van der Waals surface area contributed by atoms with Gasteiger partial charge >= 0.3 is 6.09 Å². The topological polar surface area (TPSA) is 54.5 Å². The van der Waals surface area contributed by atoms with Crippen molar-refractivity contribution < 1.29 is 9.53 Å². The number of hydrogen-bond acceptors (Lipinski definition) is 5. The van der Waals surface area contributed by atoms with Crippen LogP contribution in [0.15, 0.2) is 11.6 Å². The summed E-state index contributed by atoms with van der Waals surface area (Å²) in [7, 11) is 0. The van der Waals surface area contributed by atoms with Crippen LogP contribution in [0.5, 0.6) is 0 Å². The summed E-state index contributed by atoms with van der Waals surface area (Å²) in [6.07, 6.45) is 2.47. The normalized spacial score (nSPS) is 19.9. The monoisotopic (exact) mass is 269 g/mol. The SMILES string of the molecule is CC(C)(C)OC(=O)N1CCC(Nc2nccs2)C1. The Morgan fingerprint density at radius 1 is 1.61 bits per heavy atom. The lowest BCUT2D eigenvalue weighted by atomic mass is 10.2. The molecule has 5 nitrogen and oxygen atoms in total. The highest BCUT2D eigenvalue weighted by atomic mass is 32.1. The van der Waals surface area contributed by atoms with Crippen molar-refractivity contribution in [1.82, 2.24) is 9.88 Å². The standard InChI is InChI=1S/C12H19N3O2S/c1-12(2,3)17-11(16)15-6-4-9(8-15)14-10-13-5-7-18-10/h5,7,9H,4,6,8H2,1-3H3,(H,13,14). The number of aromatic nitrogens is 1. The van der Waals surface area contributed by atoms with E-state index in [1.807, 2.05) is 26.2 Å². The zero-order valence-electron chi connectivity index (χ0n) is 11.0. The van der Waals surface area contributed by atoms with Crippen LogP contribution in [0.3, 0.4) is 0 Å². The van der Waals surface area contributed by atoms with Gasteiger partial charge in [-0.1, -0.05) is 0 Å². The number of thiazole rings is 1. The number of hydrogen-bond donors (Lipinski definition) is 1. The molecule has 1 unspecified atom stereocenters. The van der Waals surface area contributed by atoms with Gasteiger partial charge in [-0.15, -0.1) is 11.3 Å². The van der Waals surface area contributed by atoms with Crippen molar-refractivity contribution in [2.24, 2.45) is 0 Å². The van der Waals surface area contributed by atoms with Crippen molar-refractivity contribution in [3.63, 3.8) is 0 Å². The number of nitrogens with one attached hydrogen (secondary N) is 1. The first-order chi connectivity index (χ1) is 8.44. The van der Waals surface area contributed by atoms with E-state index in [0.29, 0.717) is 6.54 Å². The molecule has 1 aliphatic heterocycles. The van der Waals surface area contributed by atoms with Crippen molar-refractivity contribution >= 4 is 22.6 Å². The maximum atomic E-state index is 11.9. The van der Waals surface area contributed by atoms with Crippen LogP contribution in [-0.2, 0) is 4.74 Å². The molecule has 2 rings (SSSR count). The Morgan fingerprint density at radius 2 is 2.39 bits per heavy atom. The largest absolute Gasteiger partial charge is 0.444 e. The van der Waals surface area contributed by atoms with Crippen LogP contribution in [0.2, 0.25) is 0 Å². The minimum absolute atomic E-state index is 0.231. The van der Waals surface area contributed by atoms with Gasteiger partial charge in [-0.2, -0.15) is 0 Å². The molecule has 1 saturated heterocycles. The highest BCUT2D eigenvalue weighted by molar-refractivity contribution is 7.13. The van der Waals surface area contributed by atoms with Gasteiger partial charge in [-0.25, -0.2) is 9.78 Å². The maximum absolute atomic E-state index is 11.9. The number of rotatable bonds is 2. The molecule has 1 N–H and O–H groups in total. The molecular formula is C12H19N3O2S. The molecule has 0 spiro atoms. The summed E-state index contributed by atoms with van der Waals surface area (Å²) in [6.45, 7) is 7.05. The van der Waals surface area contributed by atoms with Crippen molar-refractivity contribution in [1.29, 1.82) is 0 Å². The number of amides is 1. The van der Waals surface area contributed by atoms with Gasteiger partial charge in [0.25, 0.3) is 0 Å². The Labute approximate surface area is 111 Å². The zero-order chi connectivity index (χ0) is 13.2. The average molecular weight is 269 g/mol. The average Bonchev–Trinajstić information content (AvgIpc) is 2.86. The zero-order valence-corrected chi connectivity index (χ0v) is 11.8. The lowest BCUT2D eigenvalue weighted by molar-refractivity contribution is 0.0293. The number of carbonyl (C=O) groups is 1. The summed E-state index contributed by atoms with van der Waals surface area (Å²) < 4.78 is 5.35. The Morgan fingerprint density at radius 3 is 3.00 bits per heavy atom. The molecule has 1 aromatic rings. The van der Waals surface area contributed by atoms with Crippen molar-refractivity contribution in [3.8, 4) is 0 Å². The van der Waals surface area contributed by atoms with Gasteiger partial charge < -0.3 is 15.0 Å². The van der Waals surface area contributed by atoms with Crippen LogP contribution in [0.25, 0.3) is 0 Å². The van der Waals surface area contributed by atoms with Crippen LogP contribution in [0.1, 0.15) is 27.2 Å². The number of ether oxygens (including phenoxy) is 1. The fraction of sp³-hybridized carbons (Fsp3) is 0.667. The second-order valence-corrected chi connectivity index (χ2v) is 6.29. The van der Waals surface area contributed by atoms with Crippen LogP contribution in [0, 0.1) is 0 Å². The van der Waals surface area contributed by atoms with Crippen LogP contribution in [0.4, 0.5) is 9.93 Å². The second kappa shape index (κ2) is 5.14. The molecule has 0 bridgehead atoms. The molecule has 0 radical (unpaired) electrons. The third kappa shape index (κ3) is 3.60.